The molecular formula is C16H21N5O3. The zero-order chi connectivity index (χ0) is 16.9. The van der Waals surface area contributed by atoms with Gasteiger partial charge in [0.25, 0.3) is 0 Å². The second-order valence-corrected chi connectivity index (χ2v) is 5.97. The zero-order valence-electron chi connectivity index (χ0n) is 13.5. The Hall–Kier alpha value is -2.48. The Balaban J connectivity index is 1.64. The summed E-state index contributed by atoms with van der Waals surface area (Å²) in [6.07, 6.45) is 6.14. The first kappa shape index (κ1) is 16.4. The number of carbonyl (C=O) groups excluding carboxylic acids is 1. The van der Waals surface area contributed by atoms with Gasteiger partial charge in [-0.15, -0.1) is 0 Å². The van der Waals surface area contributed by atoms with E-state index in [1.54, 1.807) is 30.4 Å². The van der Waals surface area contributed by atoms with E-state index in [0.29, 0.717) is 31.7 Å². The minimum absolute atomic E-state index is 0.0623. The third kappa shape index (κ3) is 3.88. The monoisotopic (exact) mass is 331 g/mol. The van der Waals surface area contributed by atoms with E-state index in [1.165, 1.54) is 6.33 Å². The van der Waals surface area contributed by atoms with Crippen LogP contribution in [0.15, 0.2) is 31.0 Å². The molecule has 0 bridgehead atoms. The molecule has 0 radical (unpaired) electrons. The van der Waals surface area contributed by atoms with E-state index in [-0.39, 0.29) is 24.0 Å². The fraction of sp³-hybridized carbons (Fsp3) is 0.500. The van der Waals surface area contributed by atoms with Gasteiger partial charge in [-0.3, -0.25) is 9.48 Å². The number of methoxy groups -OCH3 is 1. The molecule has 0 aromatic carbocycles. The minimum atomic E-state index is -0.282. The fourth-order valence-corrected chi connectivity index (χ4v) is 2.88. The van der Waals surface area contributed by atoms with Crippen molar-refractivity contribution in [3.8, 4) is 5.88 Å². The number of ether oxygens (including phenoxy) is 1. The Kier molecular flexibility index (Phi) is 5.05. The molecule has 2 heterocycles. The van der Waals surface area contributed by atoms with Crippen molar-refractivity contribution in [3.63, 3.8) is 0 Å². The molecule has 0 aliphatic heterocycles. The van der Waals surface area contributed by atoms with E-state index < -0.39 is 0 Å². The second kappa shape index (κ2) is 7.39. The predicted molar refractivity (Wildman–Crippen MR) is 85.0 cm³/mol. The molecule has 2 N–H and O–H groups in total. The summed E-state index contributed by atoms with van der Waals surface area (Å²) < 4.78 is 6.70. The van der Waals surface area contributed by atoms with E-state index in [0.717, 1.165) is 5.56 Å². The number of aliphatic hydroxyl groups excluding tert-OH is 1. The molecule has 8 nitrogen and oxygen atoms in total. The number of aromatic nitrogens is 4. The molecule has 0 saturated heterocycles. The van der Waals surface area contributed by atoms with Gasteiger partial charge in [0.2, 0.25) is 11.8 Å². The fourth-order valence-electron chi connectivity index (χ4n) is 2.88. The van der Waals surface area contributed by atoms with Gasteiger partial charge < -0.3 is 15.2 Å². The molecule has 1 amide bonds. The van der Waals surface area contributed by atoms with Crippen molar-refractivity contribution in [1.82, 2.24) is 25.1 Å². The molecule has 1 fully saturated rings. The Morgan fingerprint density at radius 2 is 2.33 bits per heavy atom. The van der Waals surface area contributed by atoms with Crippen LogP contribution in [0.3, 0.4) is 0 Å². The van der Waals surface area contributed by atoms with E-state index >= 15 is 0 Å². The average Bonchev–Trinajstić information content (AvgIpc) is 3.09. The molecule has 8 heteroatoms. The van der Waals surface area contributed by atoms with Gasteiger partial charge in [-0.05, 0) is 24.3 Å². The number of aliphatic hydroxyl groups is 1. The summed E-state index contributed by atoms with van der Waals surface area (Å²) >= 11 is 0. The Labute approximate surface area is 139 Å². The number of carbonyl (C=O) groups is 1. The van der Waals surface area contributed by atoms with Crippen molar-refractivity contribution in [3.05, 3.63) is 36.5 Å². The van der Waals surface area contributed by atoms with E-state index in [4.69, 9.17) is 4.74 Å². The molecule has 3 rings (SSSR count). The van der Waals surface area contributed by atoms with E-state index in [2.05, 4.69) is 20.4 Å². The van der Waals surface area contributed by atoms with Crippen LogP contribution >= 0.6 is 0 Å². The molecule has 1 saturated carbocycles. The Bertz CT molecular complexity index is 653. The maximum Gasteiger partial charge on any atom is 0.222 e. The number of hydrogen-bond acceptors (Lipinski definition) is 6. The highest BCUT2D eigenvalue weighted by Crippen LogP contribution is 2.38. The first-order valence-corrected chi connectivity index (χ1v) is 7.95. The molecule has 2 aromatic rings. The zero-order valence-corrected chi connectivity index (χ0v) is 13.5. The van der Waals surface area contributed by atoms with Gasteiger partial charge in [-0.1, -0.05) is 6.07 Å². The topological polar surface area (TPSA) is 102 Å². The summed E-state index contributed by atoms with van der Waals surface area (Å²) in [5.41, 5.74) is 0.918. The predicted octanol–water partition coefficient (Wildman–Crippen LogP) is 0.700. The SMILES string of the molecule is COc1ccc(C(NC(=O)CCn2cncn2)C2CC(O)C2)cn1. The van der Waals surface area contributed by atoms with Gasteiger partial charge in [0.05, 0.1) is 25.8 Å². The highest BCUT2D eigenvalue weighted by atomic mass is 16.5. The third-order valence-corrected chi connectivity index (χ3v) is 4.30. The number of hydrogen-bond donors (Lipinski definition) is 2. The number of pyridine rings is 1. The quantitative estimate of drug-likeness (QED) is 0.774. The highest BCUT2D eigenvalue weighted by Gasteiger charge is 2.35. The second-order valence-electron chi connectivity index (χ2n) is 5.97. The van der Waals surface area contributed by atoms with Crippen molar-refractivity contribution < 1.29 is 14.6 Å². The molecular weight excluding hydrogens is 310 g/mol. The van der Waals surface area contributed by atoms with Crippen LogP contribution in [0.5, 0.6) is 5.88 Å². The Morgan fingerprint density at radius 3 is 2.92 bits per heavy atom. The number of rotatable bonds is 7. The Morgan fingerprint density at radius 1 is 1.50 bits per heavy atom. The number of aryl methyl sites for hydroxylation is 1. The van der Waals surface area contributed by atoms with E-state index in [9.17, 15) is 9.90 Å². The lowest BCUT2D eigenvalue weighted by Gasteiger charge is -2.38. The average molecular weight is 331 g/mol. The minimum Gasteiger partial charge on any atom is -0.481 e. The molecule has 24 heavy (non-hydrogen) atoms. The molecule has 1 unspecified atom stereocenters. The summed E-state index contributed by atoms with van der Waals surface area (Å²) in [6.45, 7) is 0.479. The summed E-state index contributed by atoms with van der Waals surface area (Å²) in [6, 6.07) is 3.52. The van der Waals surface area contributed by atoms with Gasteiger partial charge >= 0.3 is 0 Å². The van der Waals surface area contributed by atoms with Gasteiger partial charge in [-0.2, -0.15) is 5.10 Å². The summed E-state index contributed by atoms with van der Waals surface area (Å²) in [7, 11) is 1.56. The summed E-state index contributed by atoms with van der Waals surface area (Å²) in [5.74, 6) is 0.682. The van der Waals surface area contributed by atoms with Crippen molar-refractivity contribution in [2.45, 2.75) is 38.0 Å². The maximum absolute atomic E-state index is 12.3. The van der Waals surface area contributed by atoms with Crippen molar-refractivity contribution in [2.24, 2.45) is 5.92 Å². The van der Waals surface area contributed by atoms with Gasteiger partial charge in [0, 0.05) is 18.7 Å². The molecule has 1 aliphatic rings. The lowest BCUT2D eigenvalue weighted by atomic mass is 9.75. The van der Waals surface area contributed by atoms with Crippen LogP contribution < -0.4 is 10.1 Å². The van der Waals surface area contributed by atoms with Crippen LogP contribution in [0.25, 0.3) is 0 Å². The van der Waals surface area contributed by atoms with Gasteiger partial charge in [-0.25, -0.2) is 9.97 Å². The molecule has 128 valence electrons. The van der Waals surface area contributed by atoms with Crippen molar-refractivity contribution in [1.29, 1.82) is 0 Å². The van der Waals surface area contributed by atoms with Crippen LogP contribution in [0, 0.1) is 5.92 Å². The molecule has 2 aromatic heterocycles. The lowest BCUT2D eigenvalue weighted by molar-refractivity contribution is -0.123. The number of nitrogens with zero attached hydrogens (tertiary/aromatic N) is 4. The molecule has 1 aliphatic carbocycles. The van der Waals surface area contributed by atoms with Gasteiger partial charge in [0.15, 0.2) is 0 Å². The first-order valence-electron chi connectivity index (χ1n) is 7.95. The van der Waals surface area contributed by atoms with Gasteiger partial charge in [0.1, 0.15) is 12.7 Å². The third-order valence-electron chi connectivity index (χ3n) is 4.30. The van der Waals surface area contributed by atoms with E-state index in [1.807, 2.05) is 6.07 Å². The number of nitrogens with one attached hydrogen (secondary N) is 1. The maximum atomic E-state index is 12.3. The first-order chi connectivity index (χ1) is 11.7. The normalized spacial score (nSPS) is 20.9. The van der Waals surface area contributed by atoms with Crippen molar-refractivity contribution in [2.75, 3.05) is 7.11 Å². The van der Waals surface area contributed by atoms with Crippen LogP contribution in [-0.4, -0.2) is 44.0 Å². The smallest absolute Gasteiger partial charge is 0.222 e. The van der Waals surface area contributed by atoms with Crippen molar-refractivity contribution >= 4 is 5.91 Å². The van der Waals surface area contributed by atoms with Crippen LogP contribution in [-0.2, 0) is 11.3 Å². The standard InChI is InChI=1S/C16H21N5O3/c1-24-15-3-2-11(8-18-15)16(12-6-13(22)7-12)20-14(23)4-5-21-10-17-9-19-21/h2-3,8-10,12-13,16,22H,4-7H2,1H3,(H,20,23). The number of amides is 1. The lowest BCUT2D eigenvalue weighted by Crippen LogP contribution is -2.41. The molecule has 0 spiro atoms. The van der Waals surface area contributed by atoms with Crippen LogP contribution in [0.2, 0.25) is 0 Å². The van der Waals surface area contributed by atoms with Crippen LogP contribution in [0.4, 0.5) is 0 Å². The summed E-state index contributed by atoms with van der Waals surface area (Å²) in [4.78, 5) is 20.4. The molecule has 1 atom stereocenters. The van der Waals surface area contributed by atoms with Crippen LogP contribution in [0.1, 0.15) is 30.9 Å². The largest absolute Gasteiger partial charge is 0.481 e. The highest BCUT2D eigenvalue weighted by molar-refractivity contribution is 5.76. The summed E-state index contributed by atoms with van der Waals surface area (Å²) in [5, 5.41) is 16.6.